The highest BCUT2D eigenvalue weighted by Gasteiger charge is 2.30. The number of aryl methyl sites for hydroxylation is 1. The minimum absolute atomic E-state index is 0.0216. The highest BCUT2D eigenvalue weighted by molar-refractivity contribution is 6.01. The van der Waals surface area contributed by atoms with Crippen LogP contribution in [0.5, 0.6) is 0 Å². The van der Waals surface area contributed by atoms with Crippen molar-refractivity contribution in [1.82, 2.24) is 34.7 Å². The molecule has 8 rings (SSSR count). The smallest absolute Gasteiger partial charge is 0.263 e. The van der Waals surface area contributed by atoms with Crippen LogP contribution < -0.4 is 26.0 Å². The van der Waals surface area contributed by atoms with Crippen molar-refractivity contribution in [1.29, 1.82) is 0 Å². The van der Waals surface area contributed by atoms with Crippen LogP contribution in [0, 0.1) is 12.8 Å². The van der Waals surface area contributed by atoms with E-state index in [9.17, 15) is 19.2 Å². The molecule has 3 aliphatic heterocycles. The monoisotopic (exact) mass is 732 g/mol. The molecule has 1 aliphatic carbocycles. The summed E-state index contributed by atoms with van der Waals surface area (Å²) in [5.74, 6) is 1.58. The summed E-state index contributed by atoms with van der Waals surface area (Å²) >= 11 is 0. The lowest BCUT2D eigenvalue weighted by molar-refractivity contribution is -0.134. The SMILES string of the molecule is CC(=O)c1c(C)c2cnc(Nc3ccc(N4CCN(CC5CCN(c6cc(C7CCC(=O)NC7=O)ccn6)CC5)CC4)cn3)nc2n(C2CCCC2)c1=O. The van der Waals surface area contributed by atoms with Crippen LogP contribution >= 0.6 is 0 Å². The first-order valence-electron chi connectivity index (χ1n) is 19.4. The average molecular weight is 733 g/mol. The number of hydrogen-bond acceptors (Lipinski definition) is 12. The van der Waals surface area contributed by atoms with Gasteiger partial charge in [0.2, 0.25) is 17.8 Å². The van der Waals surface area contributed by atoms with E-state index in [1.54, 1.807) is 23.9 Å². The van der Waals surface area contributed by atoms with Crippen molar-refractivity contribution in [2.24, 2.45) is 5.92 Å². The van der Waals surface area contributed by atoms with Crippen LogP contribution in [0.1, 0.15) is 91.7 Å². The summed E-state index contributed by atoms with van der Waals surface area (Å²) in [7, 11) is 0. The van der Waals surface area contributed by atoms with E-state index in [4.69, 9.17) is 4.98 Å². The van der Waals surface area contributed by atoms with E-state index in [1.165, 1.54) is 6.92 Å². The van der Waals surface area contributed by atoms with Gasteiger partial charge in [0.1, 0.15) is 17.3 Å². The number of anilines is 4. The molecule has 1 saturated carbocycles. The van der Waals surface area contributed by atoms with E-state index < -0.39 is 0 Å². The number of nitrogens with one attached hydrogen (secondary N) is 2. The molecule has 0 spiro atoms. The molecule has 54 heavy (non-hydrogen) atoms. The maximum Gasteiger partial charge on any atom is 0.263 e. The normalized spacial score (nSPS) is 20.4. The maximum absolute atomic E-state index is 13.6. The van der Waals surface area contributed by atoms with Crippen molar-refractivity contribution in [3.63, 3.8) is 0 Å². The third kappa shape index (κ3) is 7.31. The molecule has 0 aromatic carbocycles. The fraction of sp³-hybridized carbons (Fsp3) is 0.500. The Hall–Kier alpha value is -5.24. The first-order valence-corrected chi connectivity index (χ1v) is 19.4. The molecule has 4 aromatic rings. The minimum Gasteiger partial charge on any atom is -0.368 e. The first kappa shape index (κ1) is 35.8. The number of fused-ring (bicyclic) bond motifs is 1. The number of nitrogens with zero attached hydrogens (tertiary/aromatic N) is 8. The summed E-state index contributed by atoms with van der Waals surface area (Å²) in [6, 6.07) is 7.95. The lowest BCUT2D eigenvalue weighted by Gasteiger charge is -2.39. The van der Waals surface area contributed by atoms with Crippen LogP contribution in [0.2, 0.25) is 0 Å². The summed E-state index contributed by atoms with van der Waals surface area (Å²) in [5.41, 5.74) is 3.14. The molecule has 0 radical (unpaired) electrons. The molecule has 3 saturated heterocycles. The number of hydrogen-bond donors (Lipinski definition) is 2. The predicted octanol–water partition coefficient (Wildman–Crippen LogP) is 4.51. The first-order chi connectivity index (χ1) is 26.2. The number of ketones is 1. The Kier molecular flexibility index (Phi) is 10.1. The van der Waals surface area contributed by atoms with E-state index in [0.717, 1.165) is 107 Å². The number of rotatable bonds is 9. The zero-order valence-corrected chi connectivity index (χ0v) is 31.1. The van der Waals surface area contributed by atoms with E-state index in [1.807, 2.05) is 24.4 Å². The van der Waals surface area contributed by atoms with E-state index in [0.29, 0.717) is 41.7 Å². The second kappa shape index (κ2) is 15.2. The number of carbonyl (C=O) groups is 3. The number of imide groups is 1. The van der Waals surface area contributed by atoms with Gasteiger partial charge in [0.05, 0.1) is 23.4 Å². The van der Waals surface area contributed by atoms with Crippen LogP contribution in [0.3, 0.4) is 0 Å². The number of Topliss-reactive ketones (excluding diaryl/α,β-unsaturated/α-hetero) is 1. The Morgan fingerprint density at radius 3 is 2.37 bits per heavy atom. The molecule has 1 atom stereocenters. The molecule has 282 valence electrons. The summed E-state index contributed by atoms with van der Waals surface area (Å²) in [5, 5.41) is 6.42. The Morgan fingerprint density at radius 2 is 1.67 bits per heavy atom. The van der Waals surface area contributed by atoms with Crippen molar-refractivity contribution in [3.8, 4) is 0 Å². The Bertz CT molecular complexity index is 2110. The number of piperidine rings is 2. The number of aromatic nitrogens is 5. The second-order valence-electron chi connectivity index (χ2n) is 15.3. The van der Waals surface area contributed by atoms with Gasteiger partial charge in [0.15, 0.2) is 5.78 Å². The summed E-state index contributed by atoms with van der Waals surface area (Å²) in [4.78, 5) is 75.9. The van der Waals surface area contributed by atoms with E-state index in [2.05, 4.69) is 46.4 Å². The number of carbonyl (C=O) groups excluding carboxylic acids is 3. The van der Waals surface area contributed by atoms with Gasteiger partial charge in [-0.25, -0.2) is 15.0 Å². The van der Waals surface area contributed by atoms with Crippen molar-refractivity contribution in [2.45, 2.75) is 77.2 Å². The van der Waals surface area contributed by atoms with Gasteiger partial charge in [-0.3, -0.25) is 34.0 Å². The molecule has 2 amide bonds. The molecule has 0 bridgehead atoms. The van der Waals surface area contributed by atoms with Crippen molar-refractivity contribution in [2.75, 3.05) is 60.9 Å². The van der Waals surface area contributed by atoms with Gasteiger partial charge in [-0.1, -0.05) is 12.8 Å². The molecular weight excluding hydrogens is 685 g/mol. The van der Waals surface area contributed by atoms with Crippen molar-refractivity contribution < 1.29 is 14.4 Å². The van der Waals surface area contributed by atoms with Gasteiger partial charge in [-0.05, 0) is 87.3 Å². The fourth-order valence-corrected chi connectivity index (χ4v) is 8.80. The van der Waals surface area contributed by atoms with Crippen LogP contribution in [-0.2, 0) is 9.59 Å². The topological polar surface area (TPSA) is 159 Å². The van der Waals surface area contributed by atoms with Crippen LogP contribution in [-0.4, -0.2) is 92.8 Å². The van der Waals surface area contributed by atoms with Gasteiger partial charge < -0.3 is 15.1 Å². The van der Waals surface area contributed by atoms with Crippen LogP contribution in [0.15, 0.2) is 47.7 Å². The zero-order chi connectivity index (χ0) is 37.3. The lowest BCUT2D eigenvalue weighted by atomic mass is 9.91. The summed E-state index contributed by atoms with van der Waals surface area (Å²) in [6.07, 6.45) is 12.4. The third-order valence-corrected chi connectivity index (χ3v) is 11.8. The highest BCUT2D eigenvalue weighted by Crippen LogP contribution is 2.33. The molecule has 14 nitrogen and oxygen atoms in total. The van der Waals surface area contributed by atoms with Gasteiger partial charge in [0, 0.05) is 76.1 Å². The highest BCUT2D eigenvalue weighted by atomic mass is 16.2. The van der Waals surface area contributed by atoms with Gasteiger partial charge in [0.25, 0.3) is 5.56 Å². The standard InChI is InChI=1S/C40H48N10O4/c1-25-32-23-43-40(46-37(32)50(29-5-3-4-6-29)39(54)36(25)26(2)51)44-33-9-7-30(22-42-33)48-19-17-47(18-20-48)24-27-12-15-49(16-13-27)34-21-28(11-14-41-34)31-8-10-35(52)45-38(31)53/h7,9,11,14,21-23,27,29,31H,3-6,8,10,12-13,15-20,24H2,1-2H3,(H,45,52,53)(H,42,43,44,46). The third-order valence-electron chi connectivity index (χ3n) is 11.8. The molecule has 7 heterocycles. The lowest BCUT2D eigenvalue weighted by Crippen LogP contribution is -2.49. The second-order valence-corrected chi connectivity index (χ2v) is 15.3. The Labute approximate surface area is 314 Å². The fourth-order valence-electron chi connectivity index (χ4n) is 8.80. The molecule has 1 unspecified atom stereocenters. The maximum atomic E-state index is 13.6. The number of piperazine rings is 1. The molecule has 2 N–H and O–H groups in total. The van der Waals surface area contributed by atoms with Gasteiger partial charge in [-0.15, -0.1) is 0 Å². The average Bonchev–Trinajstić information content (AvgIpc) is 3.70. The van der Waals surface area contributed by atoms with Crippen LogP contribution in [0.4, 0.5) is 23.3 Å². The zero-order valence-electron chi connectivity index (χ0n) is 31.1. The Balaban J connectivity index is 0.843. The largest absolute Gasteiger partial charge is 0.368 e. The number of pyridine rings is 3. The molecule has 14 heteroatoms. The molecular formula is C40H48N10O4. The number of amides is 2. The van der Waals surface area contributed by atoms with E-state index in [-0.39, 0.29) is 40.7 Å². The summed E-state index contributed by atoms with van der Waals surface area (Å²) in [6.45, 7) is 10.1. The Morgan fingerprint density at radius 1 is 0.889 bits per heavy atom. The molecule has 4 aromatic heterocycles. The predicted molar refractivity (Wildman–Crippen MR) is 207 cm³/mol. The van der Waals surface area contributed by atoms with E-state index >= 15 is 0 Å². The van der Waals surface area contributed by atoms with Gasteiger partial charge in [-0.2, -0.15) is 4.98 Å². The van der Waals surface area contributed by atoms with Crippen molar-refractivity contribution >= 4 is 51.9 Å². The quantitative estimate of drug-likeness (QED) is 0.184. The molecule has 4 aliphatic rings. The van der Waals surface area contributed by atoms with Crippen LogP contribution in [0.25, 0.3) is 11.0 Å². The molecule has 4 fully saturated rings. The minimum atomic E-state index is -0.297. The van der Waals surface area contributed by atoms with Crippen molar-refractivity contribution in [3.05, 3.63) is 69.9 Å². The van der Waals surface area contributed by atoms with Gasteiger partial charge >= 0.3 is 0 Å². The summed E-state index contributed by atoms with van der Waals surface area (Å²) < 4.78 is 1.72.